The van der Waals surface area contributed by atoms with E-state index in [0.717, 1.165) is 38.5 Å². The predicted octanol–water partition coefficient (Wildman–Crippen LogP) is 2.15. The number of carbonyl (C=O) groups is 2. The van der Waals surface area contributed by atoms with Crippen LogP contribution in [0.4, 0.5) is 5.69 Å². The Bertz CT molecular complexity index is 929. The SMILES string of the molecule is CC1(C)C(=O)N(CC(=O)NC2CCCC2)c2ccc(S(=O)(=O)N3CCCC3)cc21. The lowest BCUT2D eigenvalue weighted by molar-refractivity contribution is -0.125. The molecule has 0 radical (unpaired) electrons. The smallest absolute Gasteiger partial charge is 0.243 e. The lowest BCUT2D eigenvalue weighted by Gasteiger charge is -2.21. The zero-order chi connectivity index (χ0) is 20.8. The van der Waals surface area contributed by atoms with Crippen LogP contribution >= 0.6 is 0 Å². The van der Waals surface area contributed by atoms with Crippen LogP contribution in [0.2, 0.25) is 0 Å². The molecule has 2 fully saturated rings. The van der Waals surface area contributed by atoms with Crippen molar-refractivity contribution in [2.24, 2.45) is 0 Å². The summed E-state index contributed by atoms with van der Waals surface area (Å²) in [6.45, 7) is 4.61. The van der Waals surface area contributed by atoms with Gasteiger partial charge in [-0.1, -0.05) is 12.8 Å². The predicted molar refractivity (Wildman–Crippen MR) is 110 cm³/mol. The fourth-order valence-electron chi connectivity index (χ4n) is 4.70. The minimum Gasteiger partial charge on any atom is -0.352 e. The molecule has 2 heterocycles. The third-order valence-corrected chi connectivity index (χ3v) is 8.33. The van der Waals surface area contributed by atoms with Crippen molar-refractivity contribution in [3.63, 3.8) is 0 Å². The van der Waals surface area contributed by atoms with E-state index in [1.165, 1.54) is 9.21 Å². The van der Waals surface area contributed by atoms with Crippen molar-refractivity contribution in [1.29, 1.82) is 0 Å². The van der Waals surface area contributed by atoms with Gasteiger partial charge in [-0.25, -0.2) is 8.42 Å². The number of carbonyl (C=O) groups excluding carboxylic acids is 2. The van der Waals surface area contributed by atoms with Crippen LogP contribution in [0.1, 0.15) is 57.9 Å². The number of nitrogens with one attached hydrogen (secondary N) is 1. The van der Waals surface area contributed by atoms with Gasteiger partial charge in [-0.2, -0.15) is 4.31 Å². The first kappa shape index (κ1) is 20.3. The van der Waals surface area contributed by atoms with Crippen molar-refractivity contribution in [3.05, 3.63) is 23.8 Å². The number of nitrogens with zero attached hydrogens (tertiary/aromatic N) is 2. The van der Waals surface area contributed by atoms with Crippen LogP contribution in [0.3, 0.4) is 0 Å². The maximum atomic E-state index is 13.1. The molecule has 8 heteroatoms. The molecule has 2 aliphatic heterocycles. The van der Waals surface area contributed by atoms with Crippen molar-refractivity contribution >= 4 is 27.5 Å². The molecule has 0 atom stereocenters. The summed E-state index contributed by atoms with van der Waals surface area (Å²) >= 11 is 0. The first-order chi connectivity index (χ1) is 13.7. The van der Waals surface area contributed by atoms with E-state index in [2.05, 4.69) is 5.32 Å². The molecule has 2 amide bonds. The van der Waals surface area contributed by atoms with E-state index in [4.69, 9.17) is 0 Å². The summed E-state index contributed by atoms with van der Waals surface area (Å²) in [7, 11) is -3.56. The number of rotatable bonds is 5. The largest absolute Gasteiger partial charge is 0.352 e. The Morgan fingerprint density at radius 1 is 1.14 bits per heavy atom. The molecule has 1 aliphatic carbocycles. The molecule has 1 aromatic carbocycles. The van der Waals surface area contributed by atoms with Gasteiger partial charge in [0.25, 0.3) is 0 Å². The number of hydrogen-bond acceptors (Lipinski definition) is 4. The van der Waals surface area contributed by atoms with Gasteiger partial charge in [0.2, 0.25) is 21.8 Å². The van der Waals surface area contributed by atoms with Gasteiger partial charge < -0.3 is 10.2 Å². The van der Waals surface area contributed by atoms with Crippen LogP contribution in [0.15, 0.2) is 23.1 Å². The minimum atomic E-state index is -3.56. The van der Waals surface area contributed by atoms with Gasteiger partial charge >= 0.3 is 0 Å². The van der Waals surface area contributed by atoms with Crippen molar-refractivity contribution in [2.75, 3.05) is 24.5 Å². The van der Waals surface area contributed by atoms with Gasteiger partial charge in [-0.15, -0.1) is 0 Å². The topological polar surface area (TPSA) is 86.8 Å². The maximum Gasteiger partial charge on any atom is 0.243 e. The second kappa shape index (κ2) is 7.40. The van der Waals surface area contributed by atoms with Gasteiger partial charge in [-0.3, -0.25) is 9.59 Å². The minimum absolute atomic E-state index is 0.0377. The molecule has 0 bridgehead atoms. The molecule has 7 nitrogen and oxygen atoms in total. The van der Waals surface area contributed by atoms with Crippen LogP contribution in [0, 0.1) is 0 Å². The molecular weight excluding hydrogens is 390 g/mol. The average molecular weight is 420 g/mol. The van der Waals surface area contributed by atoms with Crippen molar-refractivity contribution in [3.8, 4) is 0 Å². The second-order valence-corrected chi connectivity index (χ2v) is 10.8. The van der Waals surface area contributed by atoms with E-state index in [-0.39, 0.29) is 29.3 Å². The van der Waals surface area contributed by atoms with Crippen LogP contribution in [-0.2, 0) is 25.0 Å². The van der Waals surface area contributed by atoms with Gasteiger partial charge in [0, 0.05) is 24.8 Å². The molecule has 0 spiro atoms. The molecule has 29 heavy (non-hydrogen) atoms. The standard InChI is InChI=1S/C21H29N3O4S/c1-21(2)17-13-16(29(27,28)23-11-5-6-12-23)9-10-18(17)24(20(21)26)14-19(25)22-15-7-3-4-8-15/h9-10,13,15H,3-8,11-12,14H2,1-2H3,(H,22,25). The van der Waals surface area contributed by atoms with E-state index in [9.17, 15) is 18.0 Å². The summed E-state index contributed by atoms with van der Waals surface area (Å²) < 4.78 is 27.4. The Kier molecular flexibility index (Phi) is 5.19. The normalized spacial score (nSPS) is 22.3. The summed E-state index contributed by atoms with van der Waals surface area (Å²) in [4.78, 5) is 27.3. The molecule has 4 rings (SSSR count). The molecular formula is C21H29N3O4S. The van der Waals surface area contributed by atoms with Gasteiger partial charge in [0.05, 0.1) is 10.3 Å². The van der Waals surface area contributed by atoms with Crippen molar-refractivity contribution in [2.45, 2.75) is 68.7 Å². The molecule has 1 N–H and O–H groups in total. The van der Waals surface area contributed by atoms with Crippen LogP contribution < -0.4 is 10.2 Å². The highest BCUT2D eigenvalue weighted by atomic mass is 32.2. The number of benzene rings is 1. The number of anilines is 1. The fraction of sp³-hybridized carbons (Fsp3) is 0.619. The summed E-state index contributed by atoms with van der Waals surface area (Å²) in [6, 6.07) is 5.05. The second-order valence-electron chi connectivity index (χ2n) is 8.86. The Morgan fingerprint density at radius 2 is 1.79 bits per heavy atom. The lowest BCUT2D eigenvalue weighted by atomic mass is 9.86. The first-order valence-electron chi connectivity index (χ1n) is 10.5. The summed E-state index contributed by atoms with van der Waals surface area (Å²) in [5.74, 6) is -0.340. The van der Waals surface area contributed by atoms with Crippen molar-refractivity contribution in [1.82, 2.24) is 9.62 Å². The van der Waals surface area contributed by atoms with E-state index in [0.29, 0.717) is 24.3 Å². The zero-order valence-corrected chi connectivity index (χ0v) is 17.9. The molecule has 1 saturated heterocycles. The quantitative estimate of drug-likeness (QED) is 0.792. The van der Waals surface area contributed by atoms with Crippen LogP contribution in [0.5, 0.6) is 0 Å². The highest BCUT2D eigenvalue weighted by Crippen LogP contribution is 2.42. The first-order valence-corrected chi connectivity index (χ1v) is 11.9. The molecule has 3 aliphatic rings. The Balaban J connectivity index is 1.60. The Labute approximate surface area is 172 Å². The summed E-state index contributed by atoms with van der Waals surface area (Å²) in [5.41, 5.74) is 0.415. The average Bonchev–Trinajstić information content (AvgIpc) is 3.41. The molecule has 158 valence electrons. The van der Waals surface area contributed by atoms with E-state index in [1.807, 2.05) is 0 Å². The van der Waals surface area contributed by atoms with E-state index >= 15 is 0 Å². The highest BCUT2D eigenvalue weighted by molar-refractivity contribution is 7.89. The Morgan fingerprint density at radius 3 is 2.45 bits per heavy atom. The lowest BCUT2D eigenvalue weighted by Crippen LogP contribution is -2.44. The third-order valence-electron chi connectivity index (χ3n) is 6.44. The number of amides is 2. The fourth-order valence-corrected chi connectivity index (χ4v) is 6.24. The number of hydrogen-bond donors (Lipinski definition) is 1. The molecule has 1 saturated carbocycles. The van der Waals surface area contributed by atoms with Gasteiger partial charge in [0.1, 0.15) is 6.54 Å². The highest BCUT2D eigenvalue weighted by Gasteiger charge is 2.45. The Hall–Kier alpha value is -1.93. The monoisotopic (exact) mass is 419 g/mol. The van der Waals surface area contributed by atoms with E-state index < -0.39 is 15.4 Å². The number of fused-ring (bicyclic) bond motifs is 1. The summed E-state index contributed by atoms with van der Waals surface area (Å²) in [6.07, 6.45) is 5.96. The number of sulfonamides is 1. The zero-order valence-electron chi connectivity index (χ0n) is 17.1. The maximum absolute atomic E-state index is 13.1. The summed E-state index contributed by atoms with van der Waals surface area (Å²) in [5, 5.41) is 3.02. The van der Waals surface area contributed by atoms with Crippen LogP contribution in [-0.4, -0.2) is 50.2 Å². The van der Waals surface area contributed by atoms with Crippen molar-refractivity contribution < 1.29 is 18.0 Å². The molecule has 0 unspecified atom stereocenters. The molecule has 1 aromatic rings. The third kappa shape index (κ3) is 3.57. The molecule has 0 aromatic heterocycles. The van der Waals surface area contributed by atoms with Gasteiger partial charge in [-0.05, 0) is 63.3 Å². The van der Waals surface area contributed by atoms with Gasteiger partial charge in [0.15, 0.2) is 0 Å². The van der Waals surface area contributed by atoms with Crippen LogP contribution in [0.25, 0.3) is 0 Å². The van der Waals surface area contributed by atoms with E-state index in [1.54, 1.807) is 32.0 Å².